The minimum Gasteiger partial charge on any atom is -0.310 e. The van der Waals surface area contributed by atoms with Crippen molar-refractivity contribution in [3.8, 4) is 11.1 Å². The molecule has 6 aromatic rings. The van der Waals surface area contributed by atoms with Gasteiger partial charge in [0.2, 0.25) is 0 Å². The molecule has 0 saturated carbocycles. The Morgan fingerprint density at radius 2 is 0.652 bits per heavy atom. The van der Waals surface area contributed by atoms with E-state index in [1.165, 1.54) is 78.4 Å². The summed E-state index contributed by atoms with van der Waals surface area (Å²) in [6.45, 7) is 17.7. The molecule has 230 valence electrons. The quantitative estimate of drug-likeness (QED) is 0.180. The molecule has 0 bridgehead atoms. The van der Waals surface area contributed by atoms with Crippen LogP contribution >= 0.6 is 0 Å². The van der Waals surface area contributed by atoms with Gasteiger partial charge in [0.15, 0.2) is 0 Å². The van der Waals surface area contributed by atoms with Crippen LogP contribution in [0.15, 0.2) is 121 Å². The standard InChI is InChI=1S/C44H44N2/c1-29-23-33(5)43(34(6)24-29)45(39-15-11-9-12-16-39)41-21-19-37(27-31(41)3)38-20-22-42(32(4)28-38)46(40-17-13-10-14-18-40)44-35(7)25-30(2)26-36(44)8/h9-28H,1-8H3. The molecule has 0 amide bonds. The summed E-state index contributed by atoms with van der Waals surface area (Å²) in [7, 11) is 0. The fourth-order valence-electron chi connectivity index (χ4n) is 7.15. The smallest absolute Gasteiger partial charge is 0.0520 e. The van der Waals surface area contributed by atoms with Crippen molar-refractivity contribution in [2.75, 3.05) is 9.80 Å². The Balaban J connectivity index is 1.43. The minimum absolute atomic E-state index is 1.16. The molecule has 2 heteroatoms. The monoisotopic (exact) mass is 600 g/mol. The van der Waals surface area contributed by atoms with Gasteiger partial charge >= 0.3 is 0 Å². The molecule has 0 N–H and O–H groups in total. The lowest BCUT2D eigenvalue weighted by molar-refractivity contribution is 1.18. The Kier molecular flexibility index (Phi) is 8.56. The highest BCUT2D eigenvalue weighted by Gasteiger charge is 2.21. The molecule has 0 aliphatic carbocycles. The number of para-hydroxylation sites is 2. The normalized spacial score (nSPS) is 11.0. The summed E-state index contributed by atoms with van der Waals surface area (Å²) in [5.41, 5.74) is 19.8. The summed E-state index contributed by atoms with van der Waals surface area (Å²) < 4.78 is 0. The summed E-state index contributed by atoms with van der Waals surface area (Å²) in [5, 5.41) is 0. The van der Waals surface area contributed by atoms with Crippen LogP contribution in [-0.2, 0) is 0 Å². The molecule has 2 nitrogen and oxygen atoms in total. The van der Waals surface area contributed by atoms with E-state index >= 15 is 0 Å². The van der Waals surface area contributed by atoms with Crippen LogP contribution in [0.2, 0.25) is 0 Å². The first-order valence-corrected chi connectivity index (χ1v) is 16.2. The summed E-state index contributed by atoms with van der Waals surface area (Å²) in [6, 6.07) is 44.4. The predicted molar refractivity (Wildman–Crippen MR) is 199 cm³/mol. The molecule has 6 rings (SSSR count). The molecule has 0 spiro atoms. The second-order valence-electron chi connectivity index (χ2n) is 12.8. The molecule has 0 unspecified atom stereocenters. The number of nitrogens with zero attached hydrogens (tertiary/aromatic N) is 2. The molecular formula is C44H44N2. The Labute approximate surface area is 275 Å². The zero-order valence-electron chi connectivity index (χ0n) is 28.4. The zero-order valence-corrected chi connectivity index (χ0v) is 28.4. The van der Waals surface area contributed by atoms with Gasteiger partial charge in [0.05, 0.1) is 11.4 Å². The Bertz CT molecular complexity index is 1830. The van der Waals surface area contributed by atoms with E-state index in [4.69, 9.17) is 0 Å². The van der Waals surface area contributed by atoms with Crippen LogP contribution in [0.5, 0.6) is 0 Å². The largest absolute Gasteiger partial charge is 0.310 e. The molecule has 0 aromatic heterocycles. The third-order valence-electron chi connectivity index (χ3n) is 8.96. The first-order valence-electron chi connectivity index (χ1n) is 16.2. The number of rotatable bonds is 7. The Morgan fingerprint density at radius 3 is 0.957 bits per heavy atom. The molecule has 0 fully saturated rings. The second-order valence-corrected chi connectivity index (χ2v) is 12.8. The average molecular weight is 601 g/mol. The van der Waals surface area contributed by atoms with Crippen molar-refractivity contribution in [2.45, 2.75) is 55.4 Å². The van der Waals surface area contributed by atoms with Crippen molar-refractivity contribution in [2.24, 2.45) is 0 Å². The average Bonchev–Trinajstić information content (AvgIpc) is 3.02. The SMILES string of the molecule is Cc1cc(C)c(N(c2ccccc2)c2ccc(-c3ccc(N(c4ccccc4)c4c(C)cc(C)cc4C)c(C)c3)cc2C)c(C)c1. The van der Waals surface area contributed by atoms with Crippen molar-refractivity contribution in [1.82, 2.24) is 0 Å². The zero-order chi connectivity index (χ0) is 32.5. The molecule has 0 heterocycles. The molecular weight excluding hydrogens is 556 g/mol. The van der Waals surface area contributed by atoms with Gasteiger partial charge < -0.3 is 9.80 Å². The van der Waals surface area contributed by atoms with Crippen LogP contribution in [0.1, 0.15) is 44.5 Å². The highest BCUT2D eigenvalue weighted by Crippen LogP contribution is 2.43. The van der Waals surface area contributed by atoms with Gasteiger partial charge in [-0.2, -0.15) is 0 Å². The second kappa shape index (κ2) is 12.7. The van der Waals surface area contributed by atoms with Crippen LogP contribution in [0.4, 0.5) is 34.1 Å². The Morgan fingerprint density at radius 1 is 0.326 bits per heavy atom. The maximum Gasteiger partial charge on any atom is 0.0520 e. The van der Waals surface area contributed by atoms with Crippen molar-refractivity contribution >= 4 is 34.1 Å². The fourth-order valence-corrected chi connectivity index (χ4v) is 7.15. The van der Waals surface area contributed by atoms with Crippen LogP contribution < -0.4 is 9.80 Å². The molecule has 0 aliphatic rings. The number of anilines is 6. The van der Waals surface area contributed by atoms with E-state index in [-0.39, 0.29) is 0 Å². The van der Waals surface area contributed by atoms with Crippen molar-refractivity contribution in [3.05, 3.63) is 166 Å². The van der Waals surface area contributed by atoms with Crippen molar-refractivity contribution < 1.29 is 0 Å². The van der Waals surface area contributed by atoms with E-state index in [0.29, 0.717) is 0 Å². The van der Waals surface area contributed by atoms with Gasteiger partial charge in [0.25, 0.3) is 0 Å². The Hall–Kier alpha value is -5.08. The first-order chi connectivity index (χ1) is 22.1. The topological polar surface area (TPSA) is 6.48 Å². The van der Waals surface area contributed by atoms with E-state index < -0.39 is 0 Å². The van der Waals surface area contributed by atoms with Gasteiger partial charge in [-0.15, -0.1) is 0 Å². The lowest BCUT2D eigenvalue weighted by atomic mass is 9.97. The molecule has 0 atom stereocenters. The number of hydrogen-bond donors (Lipinski definition) is 0. The van der Waals surface area contributed by atoms with E-state index in [9.17, 15) is 0 Å². The number of benzene rings is 6. The first kappa shape index (κ1) is 30.9. The van der Waals surface area contributed by atoms with E-state index in [0.717, 1.165) is 11.4 Å². The third kappa shape index (κ3) is 5.96. The van der Waals surface area contributed by atoms with Crippen LogP contribution in [0.3, 0.4) is 0 Å². The number of hydrogen-bond acceptors (Lipinski definition) is 2. The minimum atomic E-state index is 1.16. The van der Waals surface area contributed by atoms with Crippen molar-refractivity contribution in [1.29, 1.82) is 0 Å². The third-order valence-corrected chi connectivity index (χ3v) is 8.96. The van der Waals surface area contributed by atoms with Crippen LogP contribution in [-0.4, -0.2) is 0 Å². The lowest BCUT2D eigenvalue weighted by Gasteiger charge is -2.31. The highest BCUT2D eigenvalue weighted by atomic mass is 15.2. The van der Waals surface area contributed by atoms with E-state index in [1.807, 2.05) is 0 Å². The van der Waals surface area contributed by atoms with E-state index in [1.54, 1.807) is 0 Å². The van der Waals surface area contributed by atoms with Gasteiger partial charge in [-0.1, -0.05) is 83.9 Å². The molecule has 0 radical (unpaired) electrons. The summed E-state index contributed by atoms with van der Waals surface area (Å²) in [6.07, 6.45) is 0. The van der Waals surface area contributed by atoms with Crippen LogP contribution in [0, 0.1) is 55.4 Å². The van der Waals surface area contributed by atoms with Crippen LogP contribution in [0.25, 0.3) is 11.1 Å². The van der Waals surface area contributed by atoms with Gasteiger partial charge in [-0.05, 0) is 148 Å². The maximum absolute atomic E-state index is 2.42. The summed E-state index contributed by atoms with van der Waals surface area (Å²) in [5.74, 6) is 0. The highest BCUT2D eigenvalue weighted by molar-refractivity contribution is 5.86. The molecule has 0 aliphatic heterocycles. The predicted octanol–water partition coefficient (Wildman–Crippen LogP) is 12.8. The molecule has 0 saturated heterocycles. The molecule has 6 aromatic carbocycles. The maximum atomic E-state index is 2.42. The van der Waals surface area contributed by atoms with Gasteiger partial charge in [0.1, 0.15) is 0 Å². The van der Waals surface area contributed by atoms with Gasteiger partial charge in [-0.3, -0.25) is 0 Å². The van der Waals surface area contributed by atoms with Crippen molar-refractivity contribution in [3.63, 3.8) is 0 Å². The lowest BCUT2D eigenvalue weighted by Crippen LogP contribution is -2.14. The summed E-state index contributed by atoms with van der Waals surface area (Å²) >= 11 is 0. The van der Waals surface area contributed by atoms with E-state index in [2.05, 4.69) is 187 Å². The fraction of sp³-hybridized carbons (Fsp3) is 0.182. The van der Waals surface area contributed by atoms with Gasteiger partial charge in [0, 0.05) is 22.7 Å². The number of aryl methyl sites for hydroxylation is 8. The van der Waals surface area contributed by atoms with Gasteiger partial charge in [-0.25, -0.2) is 0 Å². The molecule has 46 heavy (non-hydrogen) atoms. The summed E-state index contributed by atoms with van der Waals surface area (Å²) in [4.78, 5) is 4.84.